The van der Waals surface area contributed by atoms with E-state index in [-0.39, 0.29) is 10.8 Å². The fourth-order valence-corrected chi connectivity index (χ4v) is 11.8. The molecule has 1 aliphatic carbocycles. The smallest absolute Gasteiger partial charge is 0.0546 e. The van der Waals surface area contributed by atoms with Crippen LogP contribution in [0.15, 0.2) is 188 Å². The molecule has 10 aromatic rings. The fourth-order valence-electron chi connectivity index (χ4n) is 10.6. The fraction of sp³-hybridized carbons (Fsp3) is 0.138. The predicted octanol–water partition coefficient (Wildman–Crippen LogP) is 16.9. The molecule has 0 saturated heterocycles. The van der Waals surface area contributed by atoms with Crippen molar-refractivity contribution < 1.29 is 0 Å². The molecule has 0 radical (unpaired) electrons. The van der Waals surface area contributed by atoms with Crippen LogP contribution in [0, 0.1) is 0 Å². The van der Waals surface area contributed by atoms with E-state index < -0.39 is 0 Å². The highest BCUT2D eigenvalue weighted by molar-refractivity contribution is 7.25. The number of anilines is 3. The van der Waals surface area contributed by atoms with Crippen LogP contribution in [-0.2, 0) is 10.8 Å². The summed E-state index contributed by atoms with van der Waals surface area (Å²) in [6, 6.07) is 70.9. The number of fused-ring (bicyclic) bond motifs is 8. The molecule has 1 aliphatic rings. The Kier molecular flexibility index (Phi) is 8.58. The summed E-state index contributed by atoms with van der Waals surface area (Å²) in [5, 5.41) is 7.68. The first-order valence-corrected chi connectivity index (χ1v) is 22.3. The van der Waals surface area contributed by atoms with Gasteiger partial charge in [-0.1, -0.05) is 161 Å². The highest BCUT2D eigenvalue weighted by atomic mass is 32.1. The van der Waals surface area contributed by atoms with E-state index in [1.165, 1.54) is 91.9 Å². The number of rotatable bonds is 8. The van der Waals surface area contributed by atoms with Gasteiger partial charge >= 0.3 is 0 Å². The molecule has 0 N–H and O–H groups in total. The SMILES string of the molecule is CCC(CC)(c1ccccc1)c1ccc(N(c2ccc3c(c2)-c2cc4ccccc4cc2C3(C)C)c2ccc3ccccc3c2-c2cccc3sc4ccccc4c23)cc1. The average Bonchev–Trinajstić information content (AvgIpc) is 3.78. The van der Waals surface area contributed by atoms with Crippen molar-refractivity contribution in [2.45, 2.75) is 51.4 Å². The molecule has 0 fully saturated rings. The Morgan fingerprint density at radius 2 is 1.08 bits per heavy atom. The monoisotopic (exact) mass is 789 g/mol. The third-order valence-electron chi connectivity index (χ3n) is 13.8. The zero-order valence-corrected chi connectivity index (χ0v) is 35.5. The lowest BCUT2D eigenvalue weighted by Crippen LogP contribution is -2.26. The van der Waals surface area contributed by atoms with Crippen LogP contribution in [0.2, 0.25) is 0 Å². The maximum Gasteiger partial charge on any atom is 0.0546 e. The highest BCUT2D eigenvalue weighted by Crippen LogP contribution is 2.54. The van der Waals surface area contributed by atoms with E-state index in [1.807, 2.05) is 11.3 Å². The molecule has 60 heavy (non-hydrogen) atoms. The van der Waals surface area contributed by atoms with Crippen LogP contribution in [0.5, 0.6) is 0 Å². The minimum atomic E-state index is -0.120. The van der Waals surface area contributed by atoms with Gasteiger partial charge in [0.05, 0.1) is 5.69 Å². The van der Waals surface area contributed by atoms with Crippen LogP contribution in [0.4, 0.5) is 17.1 Å². The van der Waals surface area contributed by atoms with Crippen molar-refractivity contribution in [1.29, 1.82) is 0 Å². The van der Waals surface area contributed by atoms with Crippen molar-refractivity contribution in [3.8, 4) is 22.3 Å². The first-order valence-electron chi connectivity index (χ1n) is 21.5. The molecular weight excluding hydrogens is 743 g/mol. The lowest BCUT2D eigenvalue weighted by Gasteiger charge is -2.34. The van der Waals surface area contributed by atoms with Crippen molar-refractivity contribution in [2.24, 2.45) is 0 Å². The summed E-state index contributed by atoms with van der Waals surface area (Å²) in [6.45, 7) is 9.44. The van der Waals surface area contributed by atoms with E-state index in [9.17, 15) is 0 Å². The lowest BCUT2D eigenvalue weighted by molar-refractivity contribution is 0.478. The van der Waals surface area contributed by atoms with E-state index in [2.05, 4.69) is 221 Å². The Labute approximate surface area is 357 Å². The Balaban J connectivity index is 1.19. The minimum absolute atomic E-state index is 0.0694. The second-order valence-electron chi connectivity index (χ2n) is 17.1. The third-order valence-corrected chi connectivity index (χ3v) is 15.0. The first kappa shape index (κ1) is 36.6. The molecule has 0 amide bonds. The molecule has 11 rings (SSSR count). The minimum Gasteiger partial charge on any atom is -0.310 e. The molecular formula is C58H47NS. The summed E-state index contributed by atoms with van der Waals surface area (Å²) in [7, 11) is 0. The molecule has 0 spiro atoms. The summed E-state index contributed by atoms with van der Waals surface area (Å²) in [4.78, 5) is 2.54. The van der Waals surface area contributed by atoms with E-state index in [0.29, 0.717) is 0 Å². The largest absolute Gasteiger partial charge is 0.310 e. The van der Waals surface area contributed by atoms with Gasteiger partial charge in [0.15, 0.2) is 0 Å². The lowest BCUT2D eigenvalue weighted by atomic mass is 9.70. The second-order valence-corrected chi connectivity index (χ2v) is 18.2. The van der Waals surface area contributed by atoms with E-state index in [1.54, 1.807) is 0 Å². The Bertz CT molecular complexity index is 3260. The van der Waals surface area contributed by atoms with Gasteiger partial charge in [0, 0.05) is 47.9 Å². The standard InChI is InChI=1S/C58H47NS/c1-5-58(6-2,41-20-8-7-9-21-41)42-28-30-43(31-29-42)59(44-32-33-50-49(37-44)48-35-39-18-10-11-19-40(39)36-51(48)57(50,3)4)52-34-27-38-17-12-13-22-45(38)55(52)47-24-16-26-54-56(47)46-23-14-15-25-53(46)60-54/h7-37H,5-6H2,1-4H3. The van der Waals surface area contributed by atoms with Crippen LogP contribution >= 0.6 is 11.3 Å². The van der Waals surface area contributed by atoms with Gasteiger partial charge in [-0.05, 0) is 128 Å². The molecule has 2 heteroatoms. The first-order chi connectivity index (χ1) is 29.4. The molecule has 0 bridgehead atoms. The van der Waals surface area contributed by atoms with Crippen molar-refractivity contribution in [3.05, 3.63) is 210 Å². The molecule has 0 saturated carbocycles. The molecule has 290 valence electrons. The molecule has 9 aromatic carbocycles. The summed E-state index contributed by atoms with van der Waals surface area (Å²) < 4.78 is 2.62. The van der Waals surface area contributed by atoms with Gasteiger partial charge in [-0.3, -0.25) is 0 Å². The molecule has 0 atom stereocenters. The van der Waals surface area contributed by atoms with Crippen LogP contribution in [-0.4, -0.2) is 0 Å². The van der Waals surface area contributed by atoms with Crippen LogP contribution < -0.4 is 4.90 Å². The summed E-state index contributed by atoms with van der Waals surface area (Å²) >= 11 is 1.88. The van der Waals surface area contributed by atoms with Crippen LogP contribution in [0.3, 0.4) is 0 Å². The zero-order chi connectivity index (χ0) is 40.6. The summed E-state index contributed by atoms with van der Waals surface area (Å²) in [5.41, 5.74) is 13.9. The molecule has 0 unspecified atom stereocenters. The van der Waals surface area contributed by atoms with Gasteiger partial charge in [0.2, 0.25) is 0 Å². The summed E-state index contributed by atoms with van der Waals surface area (Å²) in [5.74, 6) is 0. The molecule has 1 nitrogen and oxygen atoms in total. The van der Waals surface area contributed by atoms with Gasteiger partial charge in [-0.15, -0.1) is 11.3 Å². The number of hydrogen-bond donors (Lipinski definition) is 0. The third kappa shape index (κ3) is 5.51. The van der Waals surface area contributed by atoms with E-state index in [4.69, 9.17) is 0 Å². The van der Waals surface area contributed by atoms with Crippen molar-refractivity contribution >= 4 is 70.1 Å². The Morgan fingerprint density at radius 3 is 1.85 bits per heavy atom. The Morgan fingerprint density at radius 1 is 0.467 bits per heavy atom. The predicted molar refractivity (Wildman–Crippen MR) is 260 cm³/mol. The second kappa shape index (κ2) is 14.1. The van der Waals surface area contributed by atoms with Gasteiger partial charge in [0.25, 0.3) is 0 Å². The van der Waals surface area contributed by atoms with Crippen LogP contribution in [0.25, 0.3) is 64.0 Å². The topological polar surface area (TPSA) is 3.24 Å². The molecule has 0 aliphatic heterocycles. The summed E-state index contributed by atoms with van der Waals surface area (Å²) in [6.07, 6.45) is 2.05. The van der Waals surface area contributed by atoms with Gasteiger partial charge in [-0.2, -0.15) is 0 Å². The normalized spacial score (nSPS) is 13.3. The van der Waals surface area contributed by atoms with Gasteiger partial charge in [0.1, 0.15) is 0 Å². The zero-order valence-electron chi connectivity index (χ0n) is 34.7. The maximum atomic E-state index is 2.54. The van der Waals surface area contributed by atoms with Gasteiger partial charge in [-0.25, -0.2) is 0 Å². The van der Waals surface area contributed by atoms with Gasteiger partial charge < -0.3 is 4.90 Å². The Hall–Kier alpha value is -6.48. The number of thiophene rings is 1. The van der Waals surface area contributed by atoms with E-state index in [0.717, 1.165) is 24.2 Å². The van der Waals surface area contributed by atoms with E-state index >= 15 is 0 Å². The number of benzene rings is 9. The maximum absolute atomic E-state index is 2.54. The van der Waals surface area contributed by atoms with Crippen molar-refractivity contribution in [2.75, 3.05) is 4.90 Å². The molecule has 1 aromatic heterocycles. The highest BCUT2D eigenvalue weighted by Gasteiger charge is 2.37. The van der Waals surface area contributed by atoms with Crippen molar-refractivity contribution in [3.63, 3.8) is 0 Å². The average molecular weight is 790 g/mol. The quantitative estimate of drug-likeness (QED) is 0.148. The van der Waals surface area contributed by atoms with Crippen molar-refractivity contribution in [1.82, 2.24) is 0 Å². The number of nitrogens with zero attached hydrogens (tertiary/aromatic N) is 1. The molecule has 1 heterocycles. The van der Waals surface area contributed by atoms with Crippen LogP contribution in [0.1, 0.15) is 62.8 Å². The number of hydrogen-bond acceptors (Lipinski definition) is 2.